The zero-order valence-corrected chi connectivity index (χ0v) is 11.7. The quantitative estimate of drug-likeness (QED) is 0.766. The molecule has 1 unspecified atom stereocenters. The lowest BCUT2D eigenvalue weighted by Gasteiger charge is -2.16. The molecule has 0 aliphatic heterocycles. The fraction of sp³-hybridized carbons (Fsp3) is 0.385. The standard InChI is InChI=1S/C13H11F6NO4/c14-12(15,16)5-9(11(22)23)20-10(21)7-1-3-8(4-2-7)24-6-13(17,18)19/h1-4,9H,5-6H2,(H,20,21)(H,22,23). The van der Waals surface area contributed by atoms with Crippen molar-refractivity contribution in [2.75, 3.05) is 6.61 Å². The number of carbonyl (C=O) groups is 2. The van der Waals surface area contributed by atoms with Crippen LogP contribution in [0.5, 0.6) is 5.75 Å². The summed E-state index contributed by atoms with van der Waals surface area (Å²) in [5.74, 6) is -3.20. The first-order chi connectivity index (χ1) is 10.9. The van der Waals surface area contributed by atoms with Gasteiger partial charge in [0, 0.05) is 5.56 Å². The van der Waals surface area contributed by atoms with E-state index in [1.54, 1.807) is 5.32 Å². The molecule has 0 spiro atoms. The Morgan fingerprint density at radius 1 is 1.04 bits per heavy atom. The molecule has 1 amide bonds. The first-order valence-corrected chi connectivity index (χ1v) is 6.27. The molecule has 0 bridgehead atoms. The van der Waals surface area contributed by atoms with Crippen LogP contribution in [0.15, 0.2) is 24.3 Å². The number of nitrogens with one attached hydrogen (secondary N) is 1. The number of aliphatic carboxylic acids is 1. The smallest absolute Gasteiger partial charge is 0.422 e. The van der Waals surface area contributed by atoms with Gasteiger partial charge in [-0.1, -0.05) is 0 Å². The van der Waals surface area contributed by atoms with Gasteiger partial charge in [0.25, 0.3) is 5.91 Å². The molecule has 0 aliphatic rings. The Morgan fingerprint density at radius 3 is 2.00 bits per heavy atom. The van der Waals surface area contributed by atoms with E-state index in [9.17, 15) is 35.9 Å². The molecule has 0 heterocycles. The number of hydrogen-bond donors (Lipinski definition) is 2. The highest BCUT2D eigenvalue weighted by Gasteiger charge is 2.36. The van der Waals surface area contributed by atoms with Crippen LogP contribution in [0, 0.1) is 0 Å². The van der Waals surface area contributed by atoms with Crippen LogP contribution < -0.4 is 10.1 Å². The summed E-state index contributed by atoms with van der Waals surface area (Å²) in [4.78, 5) is 22.4. The van der Waals surface area contributed by atoms with Gasteiger partial charge in [0.15, 0.2) is 6.61 Å². The molecule has 1 rings (SSSR count). The molecule has 0 aromatic heterocycles. The van der Waals surface area contributed by atoms with Crippen molar-refractivity contribution >= 4 is 11.9 Å². The monoisotopic (exact) mass is 359 g/mol. The highest BCUT2D eigenvalue weighted by atomic mass is 19.4. The van der Waals surface area contributed by atoms with Gasteiger partial charge in [0.05, 0.1) is 6.42 Å². The maximum Gasteiger partial charge on any atom is 0.422 e. The SMILES string of the molecule is O=C(NC(CC(F)(F)F)C(=O)O)c1ccc(OCC(F)(F)F)cc1. The van der Waals surface area contributed by atoms with Crippen molar-refractivity contribution in [1.29, 1.82) is 0 Å². The van der Waals surface area contributed by atoms with Crippen molar-refractivity contribution < 1.29 is 45.8 Å². The fourth-order valence-corrected chi connectivity index (χ4v) is 1.54. The Balaban J connectivity index is 2.71. The minimum Gasteiger partial charge on any atom is -0.484 e. The summed E-state index contributed by atoms with van der Waals surface area (Å²) < 4.78 is 77.0. The molecule has 0 saturated heterocycles. The second-order valence-electron chi connectivity index (χ2n) is 4.61. The fourth-order valence-electron chi connectivity index (χ4n) is 1.54. The second kappa shape index (κ2) is 7.41. The van der Waals surface area contributed by atoms with E-state index >= 15 is 0 Å². The van der Waals surface area contributed by atoms with Gasteiger partial charge in [-0.05, 0) is 24.3 Å². The summed E-state index contributed by atoms with van der Waals surface area (Å²) in [5.41, 5.74) is -0.234. The number of carboxylic acids is 1. The normalized spacial score (nSPS) is 13.2. The van der Waals surface area contributed by atoms with Crippen LogP contribution in [0.1, 0.15) is 16.8 Å². The van der Waals surface area contributed by atoms with Gasteiger partial charge in [0.2, 0.25) is 0 Å². The minimum atomic E-state index is -4.80. The van der Waals surface area contributed by atoms with Crippen LogP contribution in [0.4, 0.5) is 26.3 Å². The van der Waals surface area contributed by atoms with Crippen LogP contribution in [0.2, 0.25) is 0 Å². The number of benzene rings is 1. The molecule has 2 N–H and O–H groups in total. The Bertz CT molecular complexity index is 582. The lowest BCUT2D eigenvalue weighted by molar-refractivity contribution is -0.157. The second-order valence-corrected chi connectivity index (χ2v) is 4.61. The van der Waals surface area contributed by atoms with E-state index in [1.807, 2.05) is 0 Å². The third kappa shape index (κ3) is 7.20. The number of halogens is 6. The number of rotatable bonds is 6. The highest BCUT2D eigenvalue weighted by Crippen LogP contribution is 2.22. The topological polar surface area (TPSA) is 75.6 Å². The van der Waals surface area contributed by atoms with E-state index in [-0.39, 0.29) is 11.3 Å². The molecule has 5 nitrogen and oxygen atoms in total. The number of hydrogen-bond acceptors (Lipinski definition) is 3. The molecular formula is C13H11F6NO4. The Labute approximate surface area is 131 Å². The number of ether oxygens (including phenoxy) is 1. The van der Waals surface area contributed by atoms with E-state index in [0.717, 1.165) is 24.3 Å². The summed E-state index contributed by atoms with van der Waals surface area (Å²) in [6, 6.07) is 1.81. The van der Waals surface area contributed by atoms with E-state index in [1.165, 1.54) is 0 Å². The number of alkyl halides is 6. The first-order valence-electron chi connectivity index (χ1n) is 6.27. The number of amides is 1. The number of carbonyl (C=O) groups excluding carboxylic acids is 1. The lowest BCUT2D eigenvalue weighted by Crippen LogP contribution is -2.43. The van der Waals surface area contributed by atoms with Crippen molar-refractivity contribution in [2.45, 2.75) is 24.8 Å². The van der Waals surface area contributed by atoms with Crippen molar-refractivity contribution in [2.24, 2.45) is 0 Å². The molecule has 134 valence electrons. The molecule has 11 heteroatoms. The van der Waals surface area contributed by atoms with Crippen molar-refractivity contribution in [1.82, 2.24) is 5.32 Å². The average Bonchev–Trinajstić information content (AvgIpc) is 2.42. The maximum atomic E-state index is 12.2. The Morgan fingerprint density at radius 2 is 1.58 bits per heavy atom. The summed E-state index contributed by atoms with van der Waals surface area (Å²) in [6.07, 6.45) is -11.1. The molecule has 1 aromatic carbocycles. The molecular weight excluding hydrogens is 348 g/mol. The van der Waals surface area contributed by atoms with Crippen LogP contribution >= 0.6 is 0 Å². The van der Waals surface area contributed by atoms with E-state index in [4.69, 9.17) is 5.11 Å². The third-order valence-electron chi connectivity index (χ3n) is 2.56. The largest absolute Gasteiger partial charge is 0.484 e. The van der Waals surface area contributed by atoms with Crippen LogP contribution in [0.25, 0.3) is 0 Å². The lowest BCUT2D eigenvalue weighted by atomic mass is 10.1. The Hall–Kier alpha value is -2.46. The predicted molar refractivity (Wildman–Crippen MR) is 67.6 cm³/mol. The third-order valence-corrected chi connectivity index (χ3v) is 2.56. The van der Waals surface area contributed by atoms with Gasteiger partial charge in [-0.25, -0.2) is 4.79 Å². The van der Waals surface area contributed by atoms with Crippen LogP contribution in [-0.2, 0) is 4.79 Å². The average molecular weight is 359 g/mol. The summed E-state index contributed by atoms with van der Waals surface area (Å²) >= 11 is 0. The summed E-state index contributed by atoms with van der Waals surface area (Å²) in [5, 5.41) is 10.4. The molecule has 1 aromatic rings. The van der Waals surface area contributed by atoms with Gasteiger partial charge in [-0.3, -0.25) is 4.79 Å². The van der Waals surface area contributed by atoms with Gasteiger partial charge in [-0.2, -0.15) is 26.3 Å². The zero-order chi connectivity index (χ0) is 18.5. The zero-order valence-electron chi connectivity index (χ0n) is 11.7. The molecule has 0 fully saturated rings. The van der Waals surface area contributed by atoms with Crippen molar-refractivity contribution in [3.63, 3.8) is 0 Å². The van der Waals surface area contributed by atoms with Gasteiger partial charge in [-0.15, -0.1) is 0 Å². The molecule has 0 radical (unpaired) electrons. The summed E-state index contributed by atoms with van der Waals surface area (Å²) in [6.45, 7) is -1.55. The molecule has 24 heavy (non-hydrogen) atoms. The molecule has 1 atom stereocenters. The van der Waals surface area contributed by atoms with Gasteiger partial charge in [0.1, 0.15) is 11.8 Å². The number of carboxylic acid groups (broad SMARTS) is 1. The molecule has 0 aliphatic carbocycles. The van der Waals surface area contributed by atoms with E-state index in [2.05, 4.69) is 4.74 Å². The van der Waals surface area contributed by atoms with Crippen LogP contribution in [-0.4, -0.2) is 42.0 Å². The molecule has 0 saturated carbocycles. The first kappa shape index (κ1) is 19.6. The van der Waals surface area contributed by atoms with Crippen molar-refractivity contribution in [3.8, 4) is 5.75 Å². The highest BCUT2D eigenvalue weighted by molar-refractivity contribution is 5.96. The van der Waals surface area contributed by atoms with Crippen LogP contribution in [0.3, 0.4) is 0 Å². The predicted octanol–water partition coefficient (Wildman–Crippen LogP) is 2.76. The Kier molecular flexibility index (Phi) is 6.04. The van der Waals surface area contributed by atoms with E-state index in [0.29, 0.717) is 0 Å². The van der Waals surface area contributed by atoms with E-state index < -0.39 is 43.3 Å². The van der Waals surface area contributed by atoms with Gasteiger partial charge >= 0.3 is 18.3 Å². The van der Waals surface area contributed by atoms with Gasteiger partial charge < -0.3 is 15.2 Å². The minimum absolute atomic E-state index is 0.214. The summed E-state index contributed by atoms with van der Waals surface area (Å²) in [7, 11) is 0. The van der Waals surface area contributed by atoms with Crippen molar-refractivity contribution in [3.05, 3.63) is 29.8 Å². The maximum absolute atomic E-state index is 12.2.